The molecule has 1 aromatic carbocycles. The fourth-order valence-electron chi connectivity index (χ4n) is 1.50. The smallest absolute Gasteiger partial charge is 0.427 e. The average molecular weight is 302 g/mol. The first-order valence-electron chi connectivity index (χ1n) is 6.50. The zero-order valence-electron chi connectivity index (χ0n) is 11.8. The van der Waals surface area contributed by atoms with Gasteiger partial charge in [0, 0.05) is 0 Å². The van der Waals surface area contributed by atoms with Gasteiger partial charge in [0.2, 0.25) is 5.76 Å². The van der Waals surface area contributed by atoms with E-state index in [-0.39, 0.29) is 12.4 Å². The Bertz CT molecular complexity index is 647. The van der Waals surface area contributed by atoms with Crippen LogP contribution < -0.4 is 10.2 Å². The van der Waals surface area contributed by atoms with Crippen LogP contribution in [0.5, 0.6) is 5.75 Å². The molecule has 0 saturated heterocycles. The van der Waals surface area contributed by atoms with Gasteiger partial charge in [0.25, 0.3) is 0 Å². The molecule has 0 radical (unpaired) electrons. The minimum atomic E-state index is -0.622. The molecule has 1 heterocycles. The highest BCUT2D eigenvalue weighted by atomic mass is 16.6. The first-order chi connectivity index (χ1) is 10.7. The number of amides is 1. The molecule has 0 saturated carbocycles. The van der Waals surface area contributed by atoms with E-state index in [0.717, 1.165) is 5.56 Å². The summed E-state index contributed by atoms with van der Waals surface area (Å²) in [4.78, 5) is 22.7. The Morgan fingerprint density at radius 1 is 1.27 bits per heavy atom. The molecule has 7 heteroatoms. The van der Waals surface area contributed by atoms with Gasteiger partial charge < -0.3 is 13.9 Å². The van der Waals surface area contributed by atoms with Crippen LogP contribution in [0.2, 0.25) is 0 Å². The Labute approximate surface area is 126 Å². The molecule has 7 nitrogen and oxygen atoms in total. The third-order valence-corrected chi connectivity index (χ3v) is 2.46. The number of esters is 1. The molecule has 1 amide bonds. The van der Waals surface area contributed by atoms with Crippen LogP contribution >= 0.6 is 0 Å². The molecule has 0 aliphatic rings. The van der Waals surface area contributed by atoms with Crippen LogP contribution in [-0.2, 0) is 4.74 Å². The van der Waals surface area contributed by atoms with Gasteiger partial charge in [-0.05, 0) is 48.9 Å². The lowest BCUT2D eigenvalue weighted by Gasteiger charge is -2.02. The molecule has 22 heavy (non-hydrogen) atoms. The standard InChI is InChI=1S/C15H14N2O5/c1-2-20-15(19)17-16-10-11-5-7-12(8-6-11)22-14(18)13-4-3-9-21-13/h3-10H,2H2,1H3,(H,17,19)/b16-10+. The number of carbonyl (C=O) groups is 2. The number of nitrogens with zero attached hydrogens (tertiary/aromatic N) is 1. The van der Waals surface area contributed by atoms with Crippen LogP contribution in [0.1, 0.15) is 23.0 Å². The maximum absolute atomic E-state index is 11.7. The second-order valence-electron chi connectivity index (χ2n) is 4.03. The molecule has 2 aromatic rings. The number of hydrogen-bond acceptors (Lipinski definition) is 6. The summed E-state index contributed by atoms with van der Waals surface area (Å²) in [5.41, 5.74) is 2.93. The molecule has 2 rings (SSSR count). The number of nitrogens with one attached hydrogen (secondary N) is 1. The second-order valence-corrected chi connectivity index (χ2v) is 4.03. The Balaban J connectivity index is 1.89. The Morgan fingerprint density at radius 2 is 2.05 bits per heavy atom. The first-order valence-corrected chi connectivity index (χ1v) is 6.50. The van der Waals surface area contributed by atoms with E-state index < -0.39 is 12.1 Å². The monoisotopic (exact) mass is 302 g/mol. The number of hydrazone groups is 1. The predicted octanol–water partition coefficient (Wildman–Crippen LogP) is 2.58. The van der Waals surface area contributed by atoms with Gasteiger partial charge in [-0.2, -0.15) is 5.10 Å². The fraction of sp³-hybridized carbons (Fsp3) is 0.133. The average Bonchev–Trinajstić information content (AvgIpc) is 3.04. The van der Waals surface area contributed by atoms with Crippen LogP contribution in [-0.4, -0.2) is 24.9 Å². The van der Waals surface area contributed by atoms with Crippen molar-refractivity contribution < 1.29 is 23.5 Å². The zero-order chi connectivity index (χ0) is 15.8. The van der Waals surface area contributed by atoms with Crippen LogP contribution in [0.15, 0.2) is 52.2 Å². The molecule has 0 atom stereocenters. The van der Waals surface area contributed by atoms with Gasteiger partial charge in [-0.1, -0.05) is 0 Å². The molecule has 0 unspecified atom stereocenters. The van der Waals surface area contributed by atoms with Crippen molar-refractivity contribution in [2.45, 2.75) is 6.92 Å². The summed E-state index contributed by atoms with van der Waals surface area (Å²) < 4.78 is 14.7. The highest BCUT2D eigenvalue weighted by molar-refractivity contribution is 5.88. The summed E-state index contributed by atoms with van der Waals surface area (Å²) in [7, 11) is 0. The van der Waals surface area contributed by atoms with E-state index in [0.29, 0.717) is 5.75 Å². The summed E-state index contributed by atoms with van der Waals surface area (Å²) in [6.07, 6.45) is 2.21. The highest BCUT2D eigenvalue weighted by Crippen LogP contribution is 2.13. The number of benzene rings is 1. The normalized spacial score (nSPS) is 10.4. The quantitative estimate of drug-likeness (QED) is 0.397. The van der Waals surface area contributed by atoms with Crippen molar-refractivity contribution in [2.24, 2.45) is 5.10 Å². The largest absolute Gasteiger partial charge is 0.457 e. The molecule has 0 spiro atoms. The van der Waals surface area contributed by atoms with E-state index in [2.05, 4.69) is 15.3 Å². The molecular formula is C15H14N2O5. The zero-order valence-corrected chi connectivity index (χ0v) is 11.8. The third kappa shape index (κ3) is 4.48. The third-order valence-electron chi connectivity index (χ3n) is 2.46. The van der Waals surface area contributed by atoms with Gasteiger partial charge in [-0.15, -0.1) is 0 Å². The summed E-state index contributed by atoms with van der Waals surface area (Å²) in [6.45, 7) is 1.98. The first kappa shape index (κ1) is 15.3. The van der Waals surface area contributed by atoms with Gasteiger partial charge in [0.15, 0.2) is 0 Å². The number of rotatable bonds is 5. The molecule has 1 N–H and O–H groups in total. The van der Waals surface area contributed by atoms with E-state index in [9.17, 15) is 9.59 Å². The number of hydrogen-bond donors (Lipinski definition) is 1. The van der Waals surface area contributed by atoms with Crippen molar-refractivity contribution >= 4 is 18.3 Å². The molecule has 0 aliphatic carbocycles. The Hall–Kier alpha value is -3.09. The van der Waals surface area contributed by atoms with Crippen molar-refractivity contribution in [3.8, 4) is 5.75 Å². The molecule has 0 bridgehead atoms. The summed E-state index contributed by atoms with van der Waals surface area (Å²) in [6, 6.07) is 9.69. The van der Waals surface area contributed by atoms with Crippen molar-refractivity contribution in [3.63, 3.8) is 0 Å². The predicted molar refractivity (Wildman–Crippen MR) is 77.9 cm³/mol. The fourth-order valence-corrected chi connectivity index (χ4v) is 1.50. The van der Waals surface area contributed by atoms with Gasteiger partial charge in [0.05, 0.1) is 19.1 Å². The lowest BCUT2D eigenvalue weighted by atomic mass is 10.2. The van der Waals surface area contributed by atoms with Gasteiger partial charge in [-0.25, -0.2) is 15.0 Å². The van der Waals surface area contributed by atoms with E-state index in [1.807, 2.05) is 0 Å². The van der Waals surface area contributed by atoms with Crippen molar-refractivity contribution in [1.82, 2.24) is 5.43 Å². The van der Waals surface area contributed by atoms with E-state index in [1.165, 1.54) is 18.5 Å². The van der Waals surface area contributed by atoms with E-state index in [4.69, 9.17) is 9.15 Å². The van der Waals surface area contributed by atoms with Gasteiger partial charge in [0.1, 0.15) is 5.75 Å². The van der Waals surface area contributed by atoms with E-state index in [1.54, 1.807) is 37.3 Å². The van der Waals surface area contributed by atoms with Gasteiger partial charge in [-0.3, -0.25) is 0 Å². The van der Waals surface area contributed by atoms with Crippen LogP contribution in [0.4, 0.5) is 4.79 Å². The number of ether oxygens (including phenoxy) is 2. The van der Waals surface area contributed by atoms with Crippen LogP contribution in [0, 0.1) is 0 Å². The lowest BCUT2D eigenvalue weighted by Crippen LogP contribution is -2.18. The number of carbonyl (C=O) groups excluding carboxylic acids is 2. The minimum absolute atomic E-state index is 0.129. The molecular weight excluding hydrogens is 288 g/mol. The van der Waals surface area contributed by atoms with Crippen molar-refractivity contribution in [1.29, 1.82) is 0 Å². The Kier molecular flexibility index (Phi) is 5.31. The van der Waals surface area contributed by atoms with Crippen molar-refractivity contribution in [3.05, 3.63) is 54.0 Å². The SMILES string of the molecule is CCOC(=O)N/N=C/c1ccc(OC(=O)c2ccco2)cc1. The topological polar surface area (TPSA) is 90.1 Å². The molecule has 0 fully saturated rings. The van der Waals surface area contributed by atoms with Crippen molar-refractivity contribution in [2.75, 3.05) is 6.61 Å². The Morgan fingerprint density at radius 3 is 2.68 bits per heavy atom. The summed E-state index contributed by atoms with van der Waals surface area (Å²) in [5.74, 6) is -0.0726. The summed E-state index contributed by atoms with van der Waals surface area (Å²) in [5, 5.41) is 3.72. The summed E-state index contributed by atoms with van der Waals surface area (Å²) >= 11 is 0. The maximum Gasteiger partial charge on any atom is 0.427 e. The minimum Gasteiger partial charge on any atom is -0.457 e. The van der Waals surface area contributed by atoms with E-state index >= 15 is 0 Å². The van der Waals surface area contributed by atoms with Crippen LogP contribution in [0.25, 0.3) is 0 Å². The molecule has 1 aromatic heterocycles. The molecule has 0 aliphatic heterocycles. The molecule has 114 valence electrons. The van der Waals surface area contributed by atoms with Crippen LogP contribution in [0.3, 0.4) is 0 Å². The lowest BCUT2D eigenvalue weighted by molar-refractivity contribution is 0.0701. The maximum atomic E-state index is 11.7. The highest BCUT2D eigenvalue weighted by Gasteiger charge is 2.10. The van der Waals surface area contributed by atoms with Gasteiger partial charge >= 0.3 is 12.1 Å². The number of furan rings is 1. The second kappa shape index (κ2) is 7.63.